The van der Waals surface area contributed by atoms with Gasteiger partial charge in [0.05, 0.1) is 33.7 Å². The summed E-state index contributed by atoms with van der Waals surface area (Å²) in [6, 6.07) is 28.3. The lowest BCUT2D eigenvalue weighted by atomic mass is 9.55. The normalized spacial score (nSPS) is 20.8. The summed E-state index contributed by atoms with van der Waals surface area (Å²) in [5.41, 5.74) is 9.13. The third-order valence-corrected chi connectivity index (χ3v) is 8.89. The van der Waals surface area contributed by atoms with Gasteiger partial charge in [-0.05, 0) is 52.6 Å². The second kappa shape index (κ2) is 10.8. The van der Waals surface area contributed by atoms with Crippen LogP contribution in [0.15, 0.2) is 97.1 Å². The SMILES string of the molecule is O=C(COC(=O)c1cccc(N2C(=O)[C@@H]3C4c5ccccc5C(c5ccccc54)[C@@H]3C2=O)c1)NNC(=O)c1ccccc1Cl. The fraction of sp³-hybridized carbons (Fsp3) is 0.147. The summed E-state index contributed by atoms with van der Waals surface area (Å²) in [7, 11) is 0. The highest BCUT2D eigenvalue weighted by Gasteiger charge is 2.61. The van der Waals surface area contributed by atoms with Crippen molar-refractivity contribution in [1.29, 1.82) is 0 Å². The maximum atomic E-state index is 14.0. The Morgan fingerprint density at radius 2 is 1.25 bits per heavy atom. The molecule has 9 nitrogen and oxygen atoms in total. The average Bonchev–Trinajstić information content (AvgIpc) is 3.32. The van der Waals surface area contributed by atoms with Crippen LogP contribution in [-0.2, 0) is 19.1 Å². The first-order valence-electron chi connectivity index (χ1n) is 14.0. The van der Waals surface area contributed by atoms with E-state index in [1.54, 1.807) is 24.3 Å². The number of nitrogens with one attached hydrogen (secondary N) is 2. The topological polar surface area (TPSA) is 122 Å². The molecule has 2 atom stereocenters. The van der Waals surface area contributed by atoms with Gasteiger partial charge in [0, 0.05) is 11.8 Å². The van der Waals surface area contributed by atoms with Gasteiger partial charge < -0.3 is 4.74 Å². The number of esters is 1. The van der Waals surface area contributed by atoms with Crippen LogP contribution in [0.3, 0.4) is 0 Å². The van der Waals surface area contributed by atoms with E-state index < -0.39 is 36.2 Å². The maximum Gasteiger partial charge on any atom is 0.338 e. The summed E-state index contributed by atoms with van der Waals surface area (Å²) in [4.78, 5) is 66.5. The van der Waals surface area contributed by atoms with E-state index in [-0.39, 0.29) is 45.5 Å². The molecule has 8 rings (SSSR count). The van der Waals surface area contributed by atoms with Gasteiger partial charge in [0.2, 0.25) is 11.8 Å². The predicted molar refractivity (Wildman–Crippen MR) is 160 cm³/mol. The number of hydrogen-bond acceptors (Lipinski definition) is 6. The van der Waals surface area contributed by atoms with Gasteiger partial charge >= 0.3 is 5.97 Å². The predicted octanol–water partition coefficient (Wildman–Crippen LogP) is 4.35. The van der Waals surface area contributed by atoms with Gasteiger partial charge in [-0.3, -0.25) is 30.0 Å². The van der Waals surface area contributed by atoms with Crippen molar-refractivity contribution in [3.05, 3.63) is 135 Å². The number of carbonyl (C=O) groups excluding carboxylic acids is 5. The maximum absolute atomic E-state index is 14.0. The van der Waals surface area contributed by atoms with Crippen LogP contribution in [0.25, 0.3) is 0 Å². The lowest BCUT2D eigenvalue weighted by Crippen LogP contribution is -2.43. The molecule has 4 aromatic carbocycles. The molecule has 4 amide bonds. The zero-order valence-corrected chi connectivity index (χ0v) is 23.8. The van der Waals surface area contributed by atoms with E-state index in [4.69, 9.17) is 16.3 Å². The Bertz CT molecular complexity index is 1770. The van der Waals surface area contributed by atoms with E-state index in [0.29, 0.717) is 0 Å². The number of halogens is 1. The lowest BCUT2D eigenvalue weighted by molar-refractivity contribution is -0.125. The van der Waals surface area contributed by atoms with Gasteiger partial charge in [0.25, 0.3) is 11.8 Å². The summed E-state index contributed by atoms with van der Waals surface area (Å²) in [6.07, 6.45) is 0. The number of anilines is 1. The number of nitrogens with zero attached hydrogens (tertiary/aromatic N) is 1. The zero-order valence-electron chi connectivity index (χ0n) is 23.0. The first kappa shape index (κ1) is 27.5. The fourth-order valence-corrected chi connectivity index (χ4v) is 7.02. The standard InChI is InChI=1S/C34H24ClN3O6/c35-25-15-6-5-14-24(25)31(40)37-36-26(39)17-44-34(43)18-8-7-9-19(16-18)38-32(41)29-27-20-10-1-2-11-21(20)28(30(29)33(38)42)23-13-4-3-12-22(23)27/h1-16,27-30H,17H2,(H,36,39)(H,37,40)/t27?,28?,29-,30+. The molecule has 0 spiro atoms. The number of hydrazine groups is 1. The molecule has 1 heterocycles. The molecule has 0 unspecified atom stereocenters. The summed E-state index contributed by atoms with van der Waals surface area (Å²) in [5, 5.41) is 0.210. The Balaban J connectivity index is 1.07. The van der Waals surface area contributed by atoms with E-state index in [1.807, 2.05) is 48.5 Å². The van der Waals surface area contributed by atoms with Crippen molar-refractivity contribution in [3.63, 3.8) is 0 Å². The number of imide groups is 1. The van der Waals surface area contributed by atoms with Crippen LogP contribution in [0.5, 0.6) is 0 Å². The number of benzene rings is 4. The molecule has 218 valence electrons. The minimum atomic E-state index is -0.837. The number of amides is 4. The molecule has 4 aliphatic rings. The molecular weight excluding hydrogens is 582 g/mol. The van der Waals surface area contributed by atoms with Crippen LogP contribution < -0.4 is 15.8 Å². The summed E-state index contributed by atoms with van der Waals surface area (Å²) in [6.45, 7) is -0.683. The smallest absolute Gasteiger partial charge is 0.338 e. The Morgan fingerprint density at radius 1 is 0.705 bits per heavy atom. The monoisotopic (exact) mass is 605 g/mol. The van der Waals surface area contributed by atoms with E-state index in [0.717, 1.165) is 22.3 Å². The van der Waals surface area contributed by atoms with Gasteiger partial charge in [-0.1, -0.05) is 78.3 Å². The summed E-state index contributed by atoms with van der Waals surface area (Å²) < 4.78 is 5.13. The van der Waals surface area contributed by atoms with Crippen molar-refractivity contribution in [3.8, 4) is 0 Å². The van der Waals surface area contributed by atoms with Gasteiger partial charge in [-0.25, -0.2) is 9.69 Å². The summed E-state index contributed by atoms with van der Waals surface area (Å²) >= 11 is 5.99. The molecule has 1 saturated heterocycles. The molecule has 0 radical (unpaired) electrons. The van der Waals surface area contributed by atoms with E-state index in [9.17, 15) is 24.0 Å². The molecule has 0 aromatic heterocycles. The van der Waals surface area contributed by atoms with Crippen LogP contribution in [0.4, 0.5) is 5.69 Å². The minimum Gasteiger partial charge on any atom is -0.452 e. The third-order valence-electron chi connectivity index (χ3n) is 8.56. The molecular formula is C34H24ClN3O6. The van der Waals surface area contributed by atoms with Crippen molar-refractivity contribution < 1.29 is 28.7 Å². The lowest BCUT2D eigenvalue weighted by Gasteiger charge is -2.45. The quantitative estimate of drug-likeness (QED) is 0.198. The molecule has 44 heavy (non-hydrogen) atoms. The minimum absolute atomic E-state index is 0.0559. The number of rotatable bonds is 5. The van der Waals surface area contributed by atoms with Crippen LogP contribution in [0, 0.1) is 11.8 Å². The second-order valence-corrected chi connectivity index (χ2v) is 11.3. The highest BCUT2D eigenvalue weighted by molar-refractivity contribution is 6.33. The molecule has 4 aromatic rings. The van der Waals surface area contributed by atoms with E-state index in [1.165, 1.54) is 29.2 Å². The largest absolute Gasteiger partial charge is 0.452 e. The van der Waals surface area contributed by atoms with Crippen molar-refractivity contribution in [2.75, 3.05) is 11.5 Å². The van der Waals surface area contributed by atoms with E-state index >= 15 is 0 Å². The molecule has 2 bridgehead atoms. The highest BCUT2D eigenvalue weighted by atomic mass is 35.5. The first-order valence-corrected chi connectivity index (χ1v) is 14.4. The zero-order chi connectivity index (χ0) is 30.5. The van der Waals surface area contributed by atoms with Crippen LogP contribution in [0.2, 0.25) is 5.02 Å². The second-order valence-electron chi connectivity index (χ2n) is 10.9. The Hall–Kier alpha value is -5.28. The molecule has 2 N–H and O–H groups in total. The van der Waals surface area contributed by atoms with Gasteiger partial charge in [-0.15, -0.1) is 0 Å². The van der Waals surface area contributed by atoms with Crippen molar-refractivity contribution >= 4 is 46.9 Å². The van der Waals surface area contributed by atoms with Gasteiger partial charge in [0.1, 0.15) is 0 Å². The van der Waals surface area contributed by atoms with E-state index in [2.05, 4.69) is 10.9 Å². The Labute approximate surface area is 256 Å². The van der Waals surface area contributed by atoms with Crippen LogP contribution in [-0.4, -0.2) is 36.2 Å². The fourth-order valence-electron chi connectivity index (χ4n) is 6.79. The Morgan fingerprint density at radius 3 is 1.82 bits per heavy atom. The van der Waals surface area contributed by atoms with Crippen molar-refractivity contribution in [2.24, 2.45) is 11.8 Å². The number of hydrogen-bond donors (Lipinski definition) is 2. The number of ether oxygens (including phenoxy) is 1. The van der Waals surface area contributed by atoms with Crippen LogP contribution >= 0.6 is 11.6 Å². The Kier molecular flexibility index (Phi) is 6.74. The van der Waals surface area contributed by atoms with Gasteiger partial charge in [-0.2, -0.15) is 0 Å². The molecule has 0 saturated carbocycles. The first-order chi connectivity index (χ1) is 21.3. The number of carbonyl (C=O) groups is 5. The van der Waals surface area contributed by atoms with Crippen LogP contribution in [0.1, 0.15) is 54.8 Å². The van der Waals surface area contributed by atoms with Gasteiger partial charge in [0.15, 0.2) is 6.61 Å². The summed E-state index contributed by atoms with van der Waals surface area (Å²) in [5.74, 6) is -4.48. The van der Waals surface area contributed by atoms with Crippen molar-refractivity contribution in [1.82, 2.24) is 10.9 Å². The molecule has 1 fully saturated rings. The molecule has 1 aliphatic heterocycles. The van der Waals surface area contributed by atoms with Crippen molar-refractivity contribution in [2.45, 2.75) is 11.8 Å². The average molecular weight is 606 g/mol. The molecule has 3 aliphatic carbocycles. The molecule has 10 heteroatoms. The third kappa shape index (κ3) is 4.36. The highest BCUT2D eigenvalue weighted by Crippen LogP contribution is 2.61.